The van der Waals surface area contributed by atoms with E-state index in [4.69, 9.17) is 18.9 Å². The molecule has 0 radical (unpaired) electrons. The molecule has 0 aliphatic carbocycles. The molecule has 0 fully saturated rings. The lowest BCUT2D eigenvalue weighted by Crippen LogP contribution is -2.40. The van der Waals surface area contributed by atoms with Crippen molar-refractivity contribution in [2.45, 2.75) is 40.5 Å². The van der Waals surface area contributed by atoms with Crippen molar-refractivity contribution in [3.63, 3.8) is 0 Å². The largest absolute Gasteiger partial charge is 0.526 e. The van der Waals surface area contributed by atoms with E-state index < -0.39 is 18.3 Å². The van der Waals surface area contributed by atoms with Crippen LogP contribution in [0, 0.1) is 11.8 Å². The molecule has 4 rings (SSSR count). The molecule has 0 bridgehead atoms. The molecule has 11 nitrogen and oxygen atoms in total. The molecule has 0 unspecified atom stereocenters. The van der Waals surface area contributed by atoms with E-state index in [2.05, 4.69) is 9.97 Å². The van der Waals surface area contributed by atoms with Gasteiger partial charge in [0.2, 0.25) is 11.8 Å². The topological polar surface area (TPSA) is 120 Å². The van der Waals surface area contributed by atoms with E-state index in [1.165, 1.54) is 9.80 Å². The van der Waals surface area contributed by atoms with Crippen LogP contribution in [-0.2, 0) is 9.47 Å². The smallest absolute Gasteiger partial charge is 0.478 e. The van der Waals surface area contributed by atoms with Gasteiger partial charge in [-0.3, -0.25) is 9.80 Å². The van der Waals surface area contributed by atoms with Crippen molar-refractivity contribution in [3.8, 4) is 11.8 Å². The molecule has 2 aromatic rings. The summed E-state index contributed by atoms with van der Waals surface area (Å²) in [6, 6.07) is 6.92. The van der Waals surface area contributed by atoms with Crippen molar-refractivity contribution in [2.75, 3.05) is 26.3 Å². The number of nitrogens with zero attached hydrogens (tertiary/aromatic N) is 4. The summed E-state index contributed by atoms with van der Waals surface area (Å²) in [5.41, 5.74) is 2.49. The second-order valence-electron chi connectivity index (χ2n) is 9.70. The van der Waals surface area contributed by atoms with Crippen LogP contribution in [0.5, 0.6) is 11.8 Å². The highest BCUT2D eigenvalue weighted by molar-refractivity contribution is 5.93. The molecule has 2 aromatic heterocycles. The van der Waals surface area contributed by atoms with Crippen LogP contribution in [0.25, 0.3) is 11.4 Å². The lowest BCUT2D eigenvalue weighted by molar-refractivity contribution is 0.0718. The Morgan fingerprint density at radius 3 is 1.60 bits per heavy atom. The highest BCUT2D eigenvalue weighted by Crippen LogP contribution is 2.31. The third-order valence-corrected chi connectivity index (χ3v) is 6.42. The van der Waals surface area contributed by atoms with Gasteiger partial charge in [0, 0.05) is 48.7 Å². The lowest BCUT2D eigenvalue weighted by atomic mass is 9.99. The number of rotatable bonds is 6. The average molecular weight is 551 g/mol. The van der Waals surface area contributed by atoms with E-state index in [0.29, 0.717) is 60.6 Å². The molecule has 2 aliphatic heterocycles. The summed E-state index contributed by atoms with van der Waals surface area (Å²) in [5.74, 6) is 1.10. The number of pyridine rings is 2. The van der Waals surface area contributed by atoms with Crippen molar-refractivity contribution in [3.05, 3.63) is 59.9 Å². The maximum Gasteiger partial charge on any atom is 0.526 e. The molecule has 0 aromatic carbocycles. The minimum Gasteiger partial charge on any atom is -0.478 e. The Morgan fingerprint density at radius 1 is 0.775 bits per heavy atom. The van der Waals surface area contributed by atoms with Crippen molar-refractivity contribution >= 4 is 29.7 Å². The Labute approximate surface area is 233 Å². The maximum absolute atomic E-state index is 13.1. The molecule has 4 heterocycles. The quantitative estimate of drug-likeness (QED) is 0.328. The van der Waals surface area contributed by atoms with Gasteiger partial charge in [-0.1, -0.05) is 26.0 Å². The van der Waals surface area contributed by atoms with E-state index in [1.807, 2.05) is 39.8 Å². The summed E-state index contributed by atoms with van der Waals surface area (Å²) in [5, 5.41) is 0. The number of allylic oxidation sites excluding steroid dienone is 2. The van der Waals surface area contributed by atoms with Crippen LogP contribution in [-0.4, -0.2) is 64.4 Å². The van der Waals surface area contributed by atoms with Crippen LogP contribution in [0.1, 0.15) is 51.7 Å². The van der Waals surface area contributed by atoms with Gasteiger partial charge < -0.3 is 18.9 Å². The zero-order chi connectivity index (χ0) is 28.6. The van der Waals surface area contributed by atoms with E-state index in [9.17, 15) is 14.4 Å². The van der Waals surface area contributed by atoms with Crippen LogP contribution in [0.2, 0.25) is 0 Å². The molecule has 212 valence electrons. The number of carbonyl (C=O) groups excluding carboxylic acids is 3. The SMILES string of the molecule is CCOc1cc(C2=CC[C@H](C)CN2C(=O)OC(=O)OC(=O)N2C[C@@H](C)CC=C2c2ccnc(OCC)c2)ccn1. The first-order chi connectivity index (χ1) is 19.3. The first-order valence-corrected chi connectivity index (χ1v) is 13.4. The highest BCUT2D eigenvalue weighted by Gasteiger charge is 2.32. The van der Waals surface area contributed by atoms with Gasteiger partial charge in [-0.2, -0.15) is 0 Å². The molecular formula is C29H34N4O7. The minimum atomic E-state index is -1.40. The summed E-state index contributed by atoms with van der Waals surface area (Å²) >= 11 is 0. The number of hydrogen-bond acceptors (Lipinski definition) is 9. The number of aromatic nitrogens is 2. The van der Waals surface area contributed by atoms with Crippen molar-refractivity contribution < 1.29 is 33.3 Å². The maximum atomic E-state index is 13.1. The predicted octanol–water partition coefficient (Wildman–Crippen LogP) is 5.73. The van der Waals surface area contributed by atoms with Crippen molar-refractivity contribution in [1.29, 1.82) is 0 Å². The fourth-order valence-electron chi connectivity index (χ4n) is 4.57. The number of hydrogen-bond donors (Lipinski definition) is 0. The fraction of sp³-hybridized carbons (Fsp3) is 0.414. The Bertz CT molecular complexity index is 1210. The first-order valence-electron chi connectivity index (χ1n) is 13.4. The van der Waals surface area contributed by atoms with E-state index >= 15 is 0 Å². The van der Waals surface area contributed by atoms with Crippen LogP contribution in [0.15, 0.2) is 48.8 Å². The summed E-state index contributed by atoms with van der Waals surface area (Å²) in [4.78, 5) is 49.9. The summed E-state index contributed by atoms with van der Waals surface area (Å²) in [7, 11) is 0. The summed E-state index contributed by atoms with van der Waals surface area (Å²) in [6.45, 7) is 9.19. The zero-order valence-electron chi connectivity index (χ0n) is 23.2. The van der Waals surface area contributed by atoms with E-state index in [-0.39, 0.29) is 11.8 Å². The van der Waals surface area contributed by atoms with Gasteiger partial charge in [0.25, 0.3) is 0 Å². The van der Waals surface area contributed by atoms with Gasteiger partial charge in [-0.25, -0.2) is 24.4 Å². The summed E-state index contributed by atoms with van der Waals surface area (Å²) in [6.07, 6.45) is 5.14. The van der Waals surface area contributed by atoms with Gasteiger partial charge in [-0.15, -0.1) is 0 Å². The Balaban J connectivity index is 1.46. The molecule has 2 amide bonds. The highest BCUT2D eigenvalue weighted by atomic mass is 16.8. The third kappa shape index (κ3) is 6.96. The Hall–Kier alpha value is -4.41. The van der Waals surface area contributed by atoms with E-state index in [0.717, 1.165) is 12.8 Å². The second-order valence-corrected chi connectivity index (χ2v) is 9.70. The lowest BCUT2D eigenvalue weighted by Gasteiger charge is -2.32. The number of amides is 2. The van der Waals surface area contributed by atoms with Gasteiger partial charge >= 0.3 is 18.3 Å². The molecule has 2 aliphatic rings. The molecule has 0 N–H and O–H groups in total. The standard InChI is InChI=1S/C29H34N4O7/c1-5-37-25-15-21(11-13-30-25)23-9-7-19(3)17-32(23)27(34)39-29(36)40-28(35)33-18-20(4)8-10-24(33)22-12-14-31-26(16-22)38-6-2/h9-16,19-20H,5-8,17-18H2,1-4H3/t19-,20-/m0/s1. The molecule has 2 atom stereocenters. The minimum absolute atomic E-state index is 0.131. The van der Waals surface area contributed by atoms with Crippen LogP contribution < -0.4 is 9.47 Å². The van der Waals surface area contributed by atoms with Gasteiger partial charge in [-0.05, 0) is 50.7 Å². The van der Waals surface area contributed by atoms with Crippen molar-refractivity contribution in [1.82, 2.24) is 19.8 Å². The van der Waals surface area contributed by atoms with Gasteiger partial charge in [0.1, 0.15) is 0 Å². The molecular weight excluding hydrogens is 516 g/mol. The first kappa shape index (κ1) is 28.6. The van der Waals surface area contributed by atoms with Crippen LogP contribution >= 0.6 is 0 Å². The normalized spacial score (nSPS) is 18.8. The molecule has 0 saturated carbocycles. The zero-order valence-corrected chi connectivity index (χ0v) is 23.2. The molecule has 40 heavy (non-hydrogen) atoms. The number of ether oxygens (including phenoxy) is 4. The molecule has 0 saturated heterocycles. The van der Waals surface area contributed by atoms with Crippen LogP contribution in [0.4, 0.5) is 14.4 Å². The fourth-order valence-corrected chi connectivity index (χ4v) is 4.57. The molecule has 11 heteroatoms. The summed E-state index contributed by atoms with van der Waals surface area (Å²) < 4.78 is 20.9. The Kier molecular flexibility index (Phi) is 9.36. The van der Waals surface area contributed by atoms with Crippen molar-refractivity contribution in [2.24, 2.45) is 11.8 Å². The number of carbonyl (C=O) groups is 3. The third-order valence-electron chi connectivity index (χ3n) is 6.42. The predicted molar refractivity (Wildman–Crippen MR) is 146 cm³/mol. The van der Waals surface area contributed by atoms with E-state index in [1.54, 1.807) is 36.7 Å². The average Bonchev–Trinajstić information content (AvgIpc) is 2.93. The van der Waals surface area contributed by atoms with Gasteiger partial charge in [0.05, 0.1) is 24.6 Å². The molecule has 0 spiro atoms. The Morgan fingerprint density at radius 2 is 1.20 bits per heavy atom. The monoisotopic (exact) mass is 550 g/mol. The van der Waals surface area contributed by atoms with Crippen LogP contribution in [0.3, 0.4) is 0 Å². The van der Waals surface area contributed by atoms with Gasteiger partial charge in [0.15, 0.2) is 0 Å². The second kappa shape index (κ2) is 13.1.